The van der Waals surface area contributed by atoms with Crippen molar-refractivity contribution in [1.29, 1.82) is 0 Å². The molecule has 130 valence electrons. The Morgan fingerprint density at radius 2 is 2.12 bits per heavy atom. The van der Waals surface area contributed by atoms with Crippen LogP contribution in [0, 0.1) is 6.92 Å². The molecular formula is C16H22N4O3S. The van der Waals surface area contributed by atoms with Crippen molar-refractivity contribution in [2.75, 3.05) is 5.75 Å². The van der Waals surface area contributed by atoms with Crippen molar-refractivity contribution in [3.8, 4) is 0 Å². The Labute approximate surface area is 144 Å². The van der Waals surface area contributed by atoms with Crippen molar-refractivity contribution in [1.82, 2.24) is 20.4 Å². The van der Waals surface area contributed by atoms with Gasteiger partial charge in [-0.15, -0.1) is 11.8 Å². The zero-order chi connectivity index (χ0) is 16.9. The molecule has 1 aliphatic carbocycles. The number of nitrogens with one attached hydrogen (secondary N) is 1. The average Bonchev–Trinajstić information content (AvgIpc) is 3.27. The van der Waals surface area contributed by atoms with Gasteiger partial charge in [-0.25, -0.2) is 0 Å². The summed E-state index contributed by atoms with van der Waals surface area (Å²) >= 11 is 1.71. The van der Waals surface area contributed by atoms with E-state index in [9.17, 15) is 9.59 Å². The molecule has 1 N–H and O–H groups in total. The van der Waals surface area contributed by atoms with Crippen LogP contribution in [0.2, 0.25) is 0 Å². The minimum Gasteiger partial charge on any atom is -0.341 e. The van der Waals surface area contributed by atoms with E-state index in [0.717, 1.165) is 32.1 Å². The SMILES string of the molecule is Cc1nc(C2(NC(=O)C3CSC4(C)CCC(=O)N34)CCCC2)no1. The molecule has 1 aromatic rings. The van der Waals surface area contributed by atoms with Gasteiger partial charge in [0.1, 0.15) is 11.6 Å². The van der Waals surface area contributed by atoms with Gasteiger partial charge in [0.05, 0.1) is 4.87 Å². The predicted molar refractivity (Wildman–Crippen MR) is 88.1 cm³/mol. The van der Waals surface area contributed by atoms with E-state index >= 15 is 0 Å². The molecular weight excluding hydrogens is 328 g/mol. The molecule has 2 unspecified atom stereocenters. The smallest absolute Gasteiger partial charge is 0.244 e. The highest BCUT2D eigenvalue weighted by Gasteiger charge is 2.54. The quantitative estimate of drug-likeness (QED) is 0.893. The van der Waals surface area contributed by atoms with Crippen molar-refractivity contribution in [3.05, 3.63) is 11.7 Å². The number of hydrogen-bond donors (Lipinski definition) is 1. The largest absolute Gasteiger partial charge is 0.341 e. The fraction of sp³-hybridized carbons (Fsp3) is 0.750. The molecule has 0 aromatic carbocycles. The van der Waals surface area contributed by atoms with Gasteiger partial charge in [-0.1, -0.05) is 18.0 Å². The molecule has 3 heterocycles. The van der Waals surface area contributed by atoms with Crippen LogP contribution in [0.3, 0.4) is 0 Å². The number of hydrogen-bond acceptors (Lipinski definition) is 6. The molecule has 2 aliphatic heterocycles. The highest BCUT2D eigenvalue weighted by molar-refractivity contribution is 8.01. The van der Waals surface area contributed by atoms with Gasteiger partial charge in [0.2, 0.25) is 17.7 Å². The molecule has 7 nitrogen and oxygen atoms in total. The summed E-state index contributed by atoms with van der Waals surface area (Å²) in [6, 6.07) is -0.402. The second-order valence-electron chi connectivity index (χ2n) is 7.18. The lowest BCUT2D eigenvalue weighted by molar-refractivity contribution is -0.139. The Morgan fingerprint density at radius 3 is 2.79 bits per heavy atom. The molecule has 24 heavy (non-hydrogen) atoms. The zero-order valence-corrected chi connectivity index (χ0v) is 14.8. The minimum atomic E-state index is -0.554. The third-order valence-electron chi connectivity index (χ3n) is 5.52. The van der Waals surface area contributed by atoms with Crippen molar-refractivity contribution in [2.24, 2.45) is 0 Å². The van der Waals surface area contributed by atoms with E-state index in [0.29, 0.717) is 23.9 Å². The van der Waals surface area contributed by atoms with Gasteiger partial charge in [0.25, 0.3) is 0 Å². The molecule has 4 rings (SSSR count). The number of carbonyl (C=O) groups excluding carboxylic acids is 2. The molecule has 1 saturated carbocycles. The Hall–Kier alpha value is -1.57. The van der Waals surface area contributed by atoms with Gasteiger partial charge < -0.3 is 14.7 Å². The topological polar surface area (TPSA) is 88.3 Å². The number of fused-ring (bicyclic) bond motifs is 1. The van der Waals surface area contributed by atoms with Crippen molar-refractivity contribution < 1.29 is 14.1 Å². The van der Waals surface area contributed by atoms with E-state index in [2.05, 4.69) is 22.4 Å². The lowest BCUT2D eigenvalue weighted by Gasteiger charge is -2.33. The summed E-state index contributed by atoms with van der Waals surface area (Å²) in [4.78, 5) is 31.2. The summed E-state index contributed by atoms with van der Waals surface area (Å²) in [5, 5.41) is 7.24. The minimum absolute atomic E-state index is 0.0820. The maximum atomic E-state index is 13.0. The first-order valence-electron chi connectivity index (χ1n) is 8.53. The fourth-order valence-corrected chi connectivity index (χ4v) is 5.64. The highest BCUT2D eigenvalue weighted by Crippen LogP contribution is 2.47. The first-order valence-corrected chi connectivity index (χ1v) is 9.51. The van der Waals surface area contributed by atoms with E-state index in [1.165, 1.54) is 0 Å². The van der Waals surface area contributed by atoms with Gasteiger partial charge in [0.15, 0.2) is 5.82 Å². The summed E-state index contributed by atoms with van der Waals surface area (Å²) in [6.45, 7) is 3.81. The Balaban J connectivity index is 1.57. The first kappa shape index (κ1) is 15.9. The van der Waals surface area contributed by atoms with E-state index in [1.54, 1.807) is 23.6 Å². The van der Waals surface area contributed by atoms with Gasteiger partial charge in [-0.05, 0) is 26.2 Å². The Bertz CT molecular complexity index is 685. The van der Waals surface area contributed by atoms with Crippen molar-refractivity contribution in [3.63, 3.8) is 0 Å². The number of aromatic nitrogens is 2. The lowest BCUT2D eigenvalue weighted by Crippen LogP contribution is -2.55. The van der Waals surface area contributed by atoms with Crippen LogP contribution in [0.4, 0.5) is 0 Å². The van der Waals surface area contributed by atoms with E-state index in [1.807, 2.05) is 0 Å². The maximum Gasteiger partial charge on any atom is 0.244 e. The lowest BCUT2D eigenvalue weighted by atomic mass is 9.96. The highest BCUT2D eigenvalue weighted by atomic mass is 32.2. The summed E-state index contributed by atoms with van der Waals surface area (Å²) in [7, 11) is 0. The van der Waals surface area contributed by atoms with Crippen LogP contribution in [0.25, 0.3) is 0 Å². The third kappa shape index (κ3) is 2.34. The van der Waals surface area contributed by atoms with Crippen LogP contribution < -0.4 is 5.32 Å². The molecule has 1 aromatic heterocycles. The zero-order valence-electron chi connectivity index (χ0n) is 14.0. The molecule has 2 atom stereocenters. The number of aryl methyl sites for hydroxylation is 1. The van der Waals surface area contributed by atoms with Gasteiger partial charge in [-0.3, -0.25) is 9.59 Å². The number of nitrogens with zero attached hydrogens (tertiary/aromatic N) is 3. The van der Waals surface area contributed by atoms with E-state index in [4.69, 9.17) is 4.52 Å². The molecule has 0 bridgehead atoms. The predicted octanol–water partition coefficient (Wildman–Crippen LogP) is 1.72. The Morgan fingerprint density at radius 1 is 1.38 bits per heavy atom. The second-order valence-corrected chi connectivity index (χ2v) is 8.68. The van der Waals surface area contributed by atoms with Gasteiger partial charge in [0, 0.05) is 19.1 Å². The fourth-order valence-electron chi connectivity index (χ4n) is 4.21. The monoisotopic (exact) mass is 350 g/mol. The molecule has 2 saturated heterocycles. The van der Waals surface area contributed by atoms with E-state index in [-0.39, 0.29) is 16.7 Å². The number of rotatable bonds is 3. The van der Waals surface area contributed by atoms with Crippen LogP contribution in [-0.4, -0.2) is 43.5 Å². The molecule has 3 fully saturated rings. The normalized spacial score (nSPS) is 31.5. The van der Waals surface area contributed by atoms with Gasteiger partial charge >= 0.3 is 0 Å². The van der Waals surface area contributed by atoms with Gasteiger partial charge in [-0.2, -0.15) is 4.98 Å². The Kier molecular flexibility index (Phi) is 3.63. The average molecular weight is 350 g/mol. The van der Waals surface area contributed by atoms with Crippen molar-refractivity contribution in [2.45, 2.75) is 68.8 Å². The second kappa shape index (κ2) is 5.47. The molecule has 3 aliphatic rings. The molecule has 2 amide bonds. The third-order valence-corrected chi connectivity index (χ3v) is 7.03. The van der Waals surface area contributed by atoms with Crippen LogP contribution in [0.15, 0.2) is 4.52 Å². The summed E-state index contributed by atoms with van der Waals surface area (Å²) in [6.07, 6.45) is 5.00. The molecule has 0 spiro atoms. The first-order chi connectivity index (χ1) is 11.4. The maximum absolute atomic E-state index is 13.0. The van der Waals surface area contributed by atoms with Crippen LogP contribution in [-0.2, 0) is 15.1 Å². The summed E-state index contributed by atoms with van der Waals surface area (Å²) in [5.74, 6) is 1.70. The van der Waals surface area contributed by atoms with Crippen LogP contribution in [0.5, 0.6) is 0 Å². The number of amides is 2. The van der Waals surface area contributed by atoms with E-state index < -0.39 is 11.6 Å². The van der Waals surface area contributed by atoms with Crippen LogP contribution >= 0.6 is 11.8 Å². The van der Waals surface area contributed by atoms with Crippen molar-refractivity contribution >= 4 is 23.6 Å². The standard InChI is InChI=1S/C16H22N4O3S/c1-10-17-14(19-23-10)16(6-3-4-7-16)18-13(22)11-9-24-15(2)8-5-12(21)20(11)15/h11H,3-9H2,1-2H3,(H,18,22). The molecule has 0 radical (unpaired) electrons. The number of thioether (sulfide) groups is 1. The summed E-state index contributed by atoms with van der Waals surface area (Å²) < 4.78 is 5.13. The molecule has 8 heteroatoms. The summed E-state index contributed by atoms with van der Waals surface area (Å²) in [5.41, 5.74) is -0.554. The van der Waals surface area contributed by atoms with Crippen LogP contribution in [0.1, 0.15) is 57.2 Å². The number of carbonyl (C=O) groups is 2.